The van der Waals surface area contributed by atoms with Crippen LogP contribution in [0.15, 0.2) is 48.7 Å². The fraction of sp³-hybridized carbons (Fsp3) is 0.320. The smallest absolute Gasteiger partial charge is 0.263 e. The highest BCUT2D eigenvalue weighted by Gasteiger charge is 2.26. The molecule has 1 aliphatic rings. The molecule has 0 radical (unpaired) electrons. The van der Waals surface area contributed by atoms with E-state index in [1.54, 1.807) is 15.8 Å². The quantitative estimate of drug-likeness (QED) is 0.387. The van der Waals surface area contributed by atoms with Crippen molar-refractivity contribution < 1.29 is 9.53 Å². The normalized spacial score (nSPS) is 14.6. The number of rotatable bonds is 6. The molecule has 9 heteroatoms. The van der Waals surface area contributed by atoms with Gasteiger partial charge in [0.1, 0.15) is 0 Å². The van der Waals surface area contributed by atoms with Gasteiger partial charge in [-0.05, 0) is 43.7 Å². The molecule has 1 amide bonds. The van der Waals surface area contributed by atoms with Gasteiger partial charge in [-0.1, -0.05) is 41.1 Å². The van der Waals surface area contributed by atoms with E-state index in [2.05, 4.69) is 10.00 Å². The number of ether oxygens (including phenoxy) is 1. The Morgan fingerprint density at radius 2 is 1.94 bits per heavy atom. The number of hydrogen-bond donors (Lipinski definition) is 0. The van der Waals surface area contributed by atoms with Gasteiger partial charge in [-0.15, -0.1) is 0 Å². The van der Waals surface area contributed by atoms with Crippen LogP contribution in [0, 0.1) is 13.8 Å². The summed E-state index contributed by atoms with van der Waals surface area (Å²) in [5.41, 5.74) is 4.17. The van der Waals surface area contributed by atoms with Crippen molar-refractivity contribution >= 4 is 44.2 Å². The van der Waals surface area contributed by atoms with Crippen molar-refractivity contribution in [3.63, 3.8) is 0 Å². The lowest BCUT2D eigenvalue weighted by molar-refractivity contribution is 0.0391. The standard InChI is InChI=1S/C25H26ClN5O2S/c1-17-14-19(26)15-22-23(17)28-25(34-22)30(9-8-29-10-12-33-13-11-29)24(32)21-16-27-31(18(21)2)20-6-4-3-5-7-20/h3-7,14-16H,8-13H2,1-2H3. The number of amides is 1. The average molecular weight is 496 g/mol. The highest BCUT2D eigenvalue weighted by molar-refractivity contribution is 7.22. The molecule has 1 saturated heterocycles. The SMILES string of the molecule is Cc1cc(Cl)cc2sc(N(CCN3CCOCC3)C(=O)c3cnn(-c4ccccc4)c3C)nc12. The molecule has 0 spiro atoms. The molecule has 0 unspecified atom stereocenters. The van der Waals surface area contributed by atoms with Crippen LogP contribution in [-0.4, -0.2) is 65.0 Å². The van der Waals surface area contributed by atoms with Crippen LogP contribution in [0.3, 0.4) is 0 Å². The van der Waals surface area contributed by atoms with Gasteiger partial charge in [-0.3, -0.25) is 14.6 Å². The maximum absolute atomic E-state index is 13.9. The zero-order valence-electron chi connectivity index (χ0n) is 19.2. The number of aromatic nitrogens is 3. The van der Waals surface area contributed by atoms with Gasteiger partial charge in [0.25, 0.3) is 5.91 Å². The summed E-state index contributed by atoms with van der Waals surface area (Å²) in [4.78, 5) is 22.8. The molecule has 5 rings (SSSR count). The van der Waals surface area contributed by atoms with Crippen molar-refractivity contribution in [2.75, 3.05) is 44.3 Å². The number of morpholine rings is 1. The van der Waals surface area contributed by atoms with E-state index in [0.717, 1.165) is 60.0 Å². The molecule has 0 N–H and O–H groups in total. The van der Waals surface area contributed by atoms with Gasteiger partial charge < -0.3 is 4.74 Å². The van der Waals surface area contributed by atoms with Crippen LogP contribution in [0.1, 0.15) is 21.6 Å². The summed E-state index contributed by atoms with van der Waals surface area (Å²) < 4.78 is 8.25. The predicted molar refractivity (Wildman–Crippen MR) is 137 cm³/mol. The number of halogens is 1. The van der Waals surface area contributed by atoms with Crippen molar-refractivity contribution in [2.45, 2.75) is 13.8 Å². The molecule has 0 saturated carbocycles. The topological polar surface area (TPSA) is 63.5 Å². The van der Waals surface area contributed by atoms with E-state index >= 15 is 0 Å². The number of fused-ring (bicyclic) bond motifs is 1. The van der Waals surface area contributed by atoms with Crippen LogP contribution >= 0.6 is 22.9 Å². The first-order chi connectivity index (χ1) is 16.5. The molecular weight excluding hydrogens is 470 g/mol. The minimum absolute atomic E-state index is 0.101. The summed E-state index contributed by atoms with van der Waals surface area (Å²) >= 11 is 7.78. The second-order valence-corrected chi connectivity index (χ2v) is 9.81. The van der Waals surface area contributed by atoms with E-state index in [1.165, 1.54) is 11.3 Å². The van der Waals surface area contributed by atoms with E-state index in [9.17, 15) is 4.79 Å². The van der Waals surface area contributed by atoms with Crippen molar-refractivity contribution in [1.29, 1.82) is 0 Å². The third kappa shape index (κ3) is 4.59. The van der Waals surface area contributed by atoms with Crippen LogP contribution in [-0.2, 0) is 4.74 Å². The fourth-order valence-electron chi connectivity index (χ4n) is 4.20. The lowest BCUT2D eigenvalue weighted by atomic mass is 10.2. The number of benzene rings is 2. The Hall–Kier alpha value is -2.78. The number of carbonyl (C=O) groups excluding carboxylic acids is 1. The fourth-order valence-corrected chi connectivity index (χ4v) is 5.65. The van der Waals surface area contributed by atoms with Gasteiger partial charge in [0.2, 0.25) is 0 Å². The monoisotopic (exact) mass is 495 g/mol. The second kappa shape index (κ2) is 9.84. The zero-order valence-corrected chi connectivity index (χ0v) is 20.8. The molecule has 176 valence electrons. The van der Waals surface area contributed by atoms with E-state index in [1.807, 2.05) is 56.3 Å². The van der Waals surface area contributed by atoms with Crippen molar-refractivity contribution in [1.82, 2.24) is 19.7 Å². The van der Waals surface area contributed by atoms with Gasteiger partial charge in [0.15, 0.2) is 5.13 Å². The summed E-state index contributed by atoms with van der Waals surface area (Å²) in [6.07, 6.45) is 1.65. The van der Waals surface area contributed by atoms with Crippen LogP contribution < -0.4 is 4.90 Å². The first kappa shape index (κ1) is 23.0. The molecule has 0 atom stereocenters. The molecule has 0 aliphatic carbocycles. The summed E-state index contributed by atoms with van der Waals surface area (Å²) in [5, 5.41) is 5.85. The molecule has 34 heavy (non-hydrogen) atoms. The molecule has 2 aromatic heterocycles. The Labute approximate surface area is 207 Å². The van der Waals surface area contributed by atoms with Crippen LogP contribution in [0.25, 0.3) is 15.9 Å². The maximum atomic E-state index is 13.9. The number of thiazole rings is 1. The van der Waals surface area contributed by atoms with Crippen molar-refractivity contribution in [2.24, 2.45) is 0 Å². The van der Waals surface area contributed by atoms with E-state index in [4.69, 9.17) is 21.3 Å². The molecule has 1 fully saturated rings. The van der Waals surface area contributed by atoms with E-state index in [0.29, 0.717) is 22.3 Å². The minimum atomic E-state index is -0.101. The predicted octanol–water partition coefficient (Wildman–Crippen LogP) is 4.73. The lowest BCUT2D eigenvalue weighted by Crippen LogP contribution is -2.43. The van der Waals surface area contributed by atoms with Gasteiger partial charge in [-0.25, -0.2) is 9.67 Å². The summed E-state index contributed by atoms with van der Waals surface area (Å²) in [6.45, 7) is 8.36. The van der Waals surface area contributed by atoms with Gasteiger partial charge in [-0.2, -0.15) is 5.10 Å². The van der Waals surface area contributed by atoms with Gasteiger partial charge in [0, 0.05) is 31.2 Å². The Bertz CT molecular complexity index is 1310. The Morgan fingerprint density at radius 3 is 2.71 bits per heavy atom. The Kier molecular flexibility index (Phi) is 6.65. The molecule has 7 nitrogen and oxygen atoms in total. The third-order valence-electron chi connectivity index (χ3n) is 6.10. The van der Waals surface area contributed by atoms with Crippen LogP contribution in [0.5, 0.6) is 0 Å². The third-order valence-corrected chi connectivity index (χ3v) is 7.34. The second-order valence-electron chi connectivity index (χ2n) is 8.37. The first-order valence-corrected chi connectivity index (χ1v) is 12.5. The number of anilines is 1. The average Bonchev–Trinajstić information content (AvgIpc) is 3.44. The highest BCUT2D eigenvalue weighted by Crippen LogP contribution is 2.34. The molecule has 1 aliphatic heterocycles. The Morgan fingerprint density at radius 1 is 1.18 bits per heavy atom. The van der Waals surface area contributed by atoms with Crippen LogP contribution in [0.4, 0.5) is 5.13 Å². The summed E-state index contributed by atoms with van der Waals surface area (Å²) in [7, 11) is 0. The molecule has 0 bridgehead atoms. The number of nitrogens with zero attached hydrogens (tertiary/aromatic N) is 5. The Balaban J connectivity index is 1.50. The minimum Gasteiger partial charge on any atom is -0.379 e. The van der Waals surface area contributed by atoms with E-state index < -0.39 is 0 Å². The number of carbonyl (C=O) groups is 1. The first-order valence-electron chi connectivity index (χ1n) is 11.3. The molecule has 2 aromatic carbocycles. The summed E-state index contributed by atoms with van der Waals surface area (Å²) in [6, 6.07) is 13.6. The van der Waals surface area contributed by atoms with E-state index in [-0.39, 0.29) is 5.91 Å². The molecule has 3 heterocycles. The number of hydrogen-bond acceptors (Lipinski definition) is 6. The highest BCUT2D eigenvalue weighted by atomic mass is 35.5. The van der Waals surface area contributed by atoms with Crippen molar-refractivity contribution in [3.8, 4) is 5.69 Å². The largest absolute Gasteiger partial charge is 0.379 e. The van der Waals surface area contributed by atoms with Gasteiger partial charge in [0.05, 0.1) is 46.6 Å². The molecular formula is C25H26ClN5O2S. The number of aryl methyl sites for hydroxylation is 1. The van der Waals surface area contributed by atoms with Crippen molar-refractivity contribution in [3.05, 3.63) is 70.5 Å². The van der Waals surface area contributed by atoms with Gasteiger partial charge >= 0.3 is 0 Å². The molecule has 4 aromatic rings. The summed E-state index contributed by atoms with van der Waals surface area (Å²) in [5.74, 6) is -0.101. The van der Waals surface area contributed by atoms with Crippen LogP contribution in [0.2, 0.25) is 5.02 Å². The lowest BCUT2D eigenvalue weighted by Gasteiger charge is -2.29. The zero-order chi connectivity index (χ0) is 23.7. The number of para-hydroxylation sites is 1. The maximum Gasteiger partial charge on any atom is 0.263 e.